The summed E-state index contributed by atoms with van der Waals surface area (Å²) >= 11 is 0. The van der Waals surface area contributed by atoms with Crippen LogP contribution >= 0.6 is 12.4 Å². The maximum Gasteiger partial charge on any atom is 0.222 e. The summed E-state index contributed by atoms with van der Waals surface area (Å²) in [5.41, 5.74) is 12.8. The van der Waals surface area contributed by atoms with Gasteiger partial charge in [0.2, 0.25) is 11.8 Å². The predicted octanol–water partition coefficient (Wildman–Crippen LogP) is 1.89. The first-order valence-corrected chi connectivity index (χ1v) is 8.39. The molecule has 1 aliphatic rings. The molecule has 0 saturated carbocycles. The van der Waals surface area contributed by atoms with Gasteiger partial charge in [-0.3, -0.25) is 14.5 Å². The Kier molecular flexibility index (Phi) is 6.05. The van der Waals surface area contributed by atoms with Gasteiger partial charge in [0.1, 0.15) is 0 Å². The number of likely N-dealkylation sites (tertiary alicyclic amines) is 1. The molecule has 26 heavy (non-hydrogen) atoms. The van der Waals surface area contributed by atoms with Gasteiger partial charge in [0.05, 0.1) is 17.4 Å². The Morgan fingerprint density at radius 2 is 1.19 bits per heavy atom. The SMILES string of the molecule is CC(c1ccccc1)(c1ccccc1)N1CC(C(N)=O)C(C(N)=O)C1.Cl. The first-order chi connectivity index (χ1) is 11.9. The zero-order chi connectivity index (χ0) is 18.0. The van der Waals surface area contributed by atoms with E-state index in [0.717, 1.165) is 11.1 Å². The maximum atomic E-state index is 11.8. The van der Waals surface area contributed by atoms with E-state index >= 15 is 0 Å². The molecule has 0 bridgehead atoms. The second-order valence-corrected chi connectivity index (χ2v) is 6.73. The number of carbonyl (C=O) groups excluding carboxylic acids is 2. The van der Waals surface area contributed by atoms with Crippen molar-refractivity contribution in [2.45, 2.75) is 12.5 Å². The number of nitrogens with two attached hydrogens (primary N) is 2. The third-order valence-electron chi connectivity index (χ3n) is 5.36. The van der Waals surface area contributed by atoms with Gasteiger partial charge in [-0.2, -0.15) is 0 Å². The molecule has 1 fully saturated rings. The standard InChI is InChI=1S/C20H23N3O2.ClH/c1-20(14-8-4-2-5-9-14,15-10-6-3-7-11-15)23-12-16(18(21)24)17(13-23)19(22)25;/h2-11,16-17H,12-13H2,1H3,(H2,21,24)(H2,22,25);1H. The van der Waals surface area contributed by atoms with E-state index in [2.05, 4.69) is 36.1 Å². The Hall–Kier alpha value is -2.37. The lowest BCUT2D eigenvalue weighted by Crippen LogP contribution is -2.44. The van der Waals surface area contributed by atoms with Crippen LogP contribution < -0.4 is 11.5 Å². The quantitative estimate of drug-likeness (QED) is 0.838. The third-order valence-corrected chi connectivity index (χ3v) is 5.36. The molecule has 5 nitrogen and oxygen atoms in total. The number of benzene rings is 2. The smallest absolute Gasteiger partial charge is 0.222 e. The molecule has 0 aromatic heterocycles. The van der Waals surface area contributed by atoms with E-state index in [1.165, 1.54) is 0 Å². The van der Waals surface area contributed by atoms with Crippen LogP contribution in [0.5, 0.6) is 0 Å². The molecule has 2 unspecified atom stereocenters. The average Bonchev–Trinajstić information content (AvgIpc) is 3.09. The van der Waals surface area contributed by atoms with Crippen molar-refractivity contribution in [1.82, 2.24) is 4.90 Å². The van der Waals surface area contributed by atoms with E-state index in [-0.39, 0.29) is 12.4 Å². The second-order valence-electron chi connectivity index (χ2n) is 6.73. The van der Waals surface area contributed by atoms with Gasteiger partial charge in [0, 0.05) is 13.1 Å². The van der Waals surface area contributed by atoms with E-state index in [9.17, 15) is 9.59 Å². The minimum absolute atomic E-state index is 0. The lowest BCUT2D eigenvalue weighted by Gasteiger charge is -2.40. The first-order valence-electron chi connectivity index (χ1n) is 8.39. The summed E-state index contributed by atoms with van der Waals surface area (Å²) in [6.45, 7) is 2.92. The summed E-state index contributed by atoms with van der Waals surface area (Å²) in [4.78, 5) is 25.8. The minimum atomic E-state index is -0.566. The zero-order valence-electron chi connectivity index (χ0n) is 14.7. The number of halogens is 1. The topological polar surface area (TPSA) is 89.4 Å². The number of hydrogen-bond donors (Lipinski definition) is 2. The molecule has 0 radical (unpaired) electrons. The average molecular weight is 374 g/mol. The first kappa shape index (κ1) is 19.9. The summed E-state index contributed by atoms with van der Waals surface area (Å²) in [5, 5.41) is 0. The van der Waals surface area contributed by atoms with Crippen molar-refractivity contribution in [2.24, 2.45) is 23.3 Å². The van der Waals surface area contributed by atoms with Crippen LogP contribution in [0.3, 0.4) is 0 Å². The molecule has 0 aliphatic carbocycles. The van der Waals surface area contributed by atoms with Crippen molar-refractivity contribution < 1.29 is 9.59 Å². The summed E-state index contributed by atoms with van der Waals surface area (Å²) < 4.78 is 0. The van der Waals surface area contributed by atoms with Crippen LogP contribution in [0.2, 0.25) is 0 Å². The molecule has 1 heterocycles. The van der Waals surface area contributed by atoms with E-state index in [0.29, 0.717) is 13.1 Å². The highest BCUT2D eigenvalue weighted by molar-refractivity contribution is 5.87. The van der Waals surface area contributed by atoms with E-state index < -0.39 is 29.2 Å². The van der Waals surface area contributed by atoms with Gasteiger partial charge in [-0.05, 0) is 18.1 Å². The molecule has 4 N–H and O–H groups in total. The highest BCUT2D eigenvalue weighted by atomic mass is 35.5. The Balaban J connectivity index is 0.00000243. The molecule has 1 saturated heterocycles. The fourth-order valence-corrected chi connectivity index (χ4v) is 3.80. The van der Waals surface area contributed by atoms with E-state index in [4.69, 9.17) is 11.5 Å². The maximum absolute atomic E-state index is 11.8. The Labute approximate surface area is 159 Å². The zero-order valence-corrected chi connectivity index (χ0v) is 15.5. The van der Waals surface area contributed by atoms with Gasteiger partial charge in [0.15, 0.2) is 0 Å². The van der Waals surface area contributed by atoms with Crippen molar-refractivity contribution >= 4 is 24.2 Å². The van der Waals surface area contributed by atoms with Crippen molar-refractivity contribution in [3.8, 4) is 0 Å². The van der Waals surface area contributed by atoms with Crippen molar-refractivity contribution in [2.75, 3.05) is 13.1 Å². The monoisotopic (exact) mass is 373 g/mol. The van der Waals surface area contributed by atoms with Gasteiger partial charge in [-0.15, -0.1) is 12.4 Å². The Morgan fingerprint density at radius 3 is 1.50 bits per heavy atom. The van der Waals surface area contributed by atoms with Gasteiger partial charge >= 0.3 is 0 Å². The molecule has 1 aliphatic heterocycles. The van der Waals surface area contributed by atoms with Crippen molar-refractivity contribution in [3.05, 3.63) is 71.8 Å². The minimum Gasteiger partial charge on any atom is -0.369 e. The molecule has 0 spiro atoms. The highest BCUT2D eigenvalue weighted by Gasteiger charge is 2.47. The normalized spacial score (nSPS) is 20.3. The lowest BCUT2D eigenvalue weighted by atomic mass is 9.83. The Morgan fingerprint density at radius 1 is 0.846 bits per heavy atom. The van der Waals surface area contributed by atoms with Crippen LogP contribution in [0.15, 0.2) is 60.7 Å². The van der Waals surface area contributed by atoms with Crippen LogP contribution in [0, 0.1) is 11.8 Å². The lowest BCUT2D eigenvalue weighted by molar-refractivity contribution is -0.129. The van der Waals surface area contributed by atoms with Crippen LogP contribution in [-0.2, 0) is 15.1 Å². The summed E-state index contributed by atoms with van der Waals surface area (Å²) in [5.74, 6) is -2.09. The van der Waals surface area contributed by atoms with Gasteiger partial charge in [0.25, 0.3) is 0 Å². The molecular formula is C20H24ClN3O2. The van der Waals surface area contributed by atoms with E-state index in [1.807, 2.05) is 36.4 Å². The van der Waals surface area contributed by atoms with Crippen LogP contribution in [0.1, 0.15) is 18.1 Å². The molecule has 138 valence electrons. The fourth-order valence-electron chi connectivity index (χ4n) is 3.80. The van der Waals surface area contributed by atoms with Gasteiger partial charge in [-0.25, -0.2) is 0 Å². The van der Waals surface area contributed by atoms with Gasteiger partial charge < -0.3 is 11.5 Å². The Bertz CT molecular complexity index is 706. The number of carbonyl (C=O) groups is 2. The van der Waals surface area contributed by atoms with Crippen LogP contribution in [0.25, 0.3) is 0 Å². The fraction of sp³-hybridized carbons (Fsp3) is 0.300. The van der Waals surface area contributed by atoms with Crippen LogP contribution in [-0.4, -0.2) is 29.8 Å². The summed E-state index contributed by atoms with van der Waals surface area (Å²) in [6.07, 6.45) is 0. The molecule has 3 rings (SSSR count). The molecular weight excluding hydrogens is 350 g/mol. The molecule has 2 aromatic carbocycles. The summed E-state index contributed by atoms with van der Waals surface area (Å²) in [7, 11) is 0. The van der Waals surface area contributed by atoms with Crippen LogP contribution in [0.4, 0.5) is 0 Å². The van der Waals surface area contributed by atoms with E-state index in [1.54, 1.807) is 0 Å². The largest absolute Gasteiger partial charge is 0.369 e. The third kappa shape index (κ3) is 3.45. The number of amides is 2. The van der Waals surface area contributed by atoms with Gasteiger partial charge in [-0.1, -0.05) is 60.7 Å². The molecule has 2 aromatic rings. The number of rotatable bonds is 5. The molecule has 6 heteroatoms. The number of primary amides is 2. The van der Waals surface area contributed by atoms with Crippen molar-refractivity contribution in [1.29, 1.82) is 0 Å². The molecule has 2 atom stereocenters. The van der Waals surface area contributed by atoms with Crippen molar-refractivity contribution in [3.63, 3.8) is 0 Å². The highest BCUT2D eigenvalue weighted by Crippen LogP contribution is 2.40. The summed E-state index contributed by atoms with van der Waals surface area (Å²) in [6, 6.07) is 20.1. The number of hydrogen-bond acceptors (Lipinski definition) is 3. The molecule has 2 amide bonds. The predicted molar refractivity (Wildman–Crippen MR) is 104 cm³/mol. The number of nitrogens with zero attached hydrogens (tertiary/aromatic N) is 1. The second kappa shape index (κ2) is 7.89.